The second-order valence-corrected chi connectivity index (χ2v) is 4.03. The lowest BCUT2D eigenvalue weighted by Crippen LogP contribution is -2.44. The Morgan fingerprint density at radius 3 is 2.85 bits per heavy atom. The van der Waals surface area contributed by atoms with Crippen LogP contribution in [0.3, 0.4) is 0 Å². The highest BCUT2D eigenvalue weighted by molar-refractivity contribution is 9.10. The molecule has 0 aromatic carbocycles. The molecule has 4 heteroatoms. The zero-order chi connectivity index (χ0) is 18.9. The van der Waals surface area contributed by atoms with Crippen LogP contribution in [0.4, 0.5) is 5.00 Å². The molecule has 72 valence electrons. The summed E-state index contributed by atoms with van der Waals surface area (Å²) in [4.78, 5) is -0.0101. The molecule has 0 radical (unpaired) electrons. The van der Waals surface area contributed by atoms with E-state index in [-0.39, 0.29) is 9.90 Å². The summed E-state index contributed by atoms with van der Waals surface area (Å²) >= 11 is 4.00. The standard InChI is InChI=1S/C9H13BrN2S/c1-11-2-4-12(5-3-11)9-6-8(10)7-13-9/h6-7H,2-5H2,1H3/i1D3,2D2,3D2,4D2,5D2. The zero-order valence-corrected chi connectivity index (χ0v) is 8.74. The van der Waals surface area contributed by atoms with Gasteiger partial charge in [0.15, 0.2) is 0 Å². The number of rotatable bonds is 1. The number of likely N-dealkylation sites (N-methyl/N-ethyl adjacent to an activating group) is 1. The van der Waals surface area contributed by atoms with Gasteiger partial charge in [-0.25, -0.2) is 0 Å². The minimum absolute atomic E-state index is 0.0742. The predicted molar refractivity (Wildman–Crippen MR) is 61.7 cm³/mol. The van der Waals surface area contributed by atoms with E-state index in [0.29, 0.717) is 9.37 Å². The van der Waals surface area contributed by atoms with Gasteiger partial charge >= 0.3 is 0 Å². The Bertz CT molecular complexity index is 612. The lowest BCUT2D eigenvalue weighted by molar-refractivity contribution is 0.313. The van der Waals surface area contributed by atoms with E-state index in [9.17, 15) is 0 Å². The molecule has 13 heavy (non-hydrogen) atoms. The van der Waals surface area contributed by atoms with Gasteiger partial charge in [0.25, 0.3) is 0 Å². The van der Waals surface area contributed by atoms with Crippen LogP contribution in [0.2, 0.25) is 0 Å². The van der Waals surface area contributed by atoms with Gasteiger partial charge in [-0.1, -0.05) is 0 Å². The number of anilines is 1. The first-order valence-electron chi connectivity index (χ1n) is 8.84. The summed E-state index contributed by atoms with van der Waals surface area (Å²) in [5.74, 6) is 0. The third-order valence-electron chi connectivity index (χ3n) is 1.32. The van der Waals surface area contributed by atoms with Crippen LogP contribution in [0.5, 0.6) is 0 Å². The van der Waals surface area contributed by atoms with Crippen molar-refractivity contribution in [2.24, 2.45) is 0 Å². The van der Waals surface area contributed by atoms with Crippen LogP contribution in [0.15, 0.2) is 15.9 Å². The van der Waals surface area contributed by atoms with Crippen molar-refractivity contribution in [2.45, 2.75) is 0 Å². The smallest absolute Gasteiger partial charge is 0.0921 e. The van der Waals surface area contributed by atoms with Crippen LogP contribution >= 0.6 is 27.3 Å². The Kier molecular flexibility index (Phi) is 0.909. The number of hydrogen-bond donors (Lipinski definition) is 0. The molecular weight excluding hydrogens is 248 g/mol. The van der Waals surface area contributed by atoms with E-state index in [0.717, 1.165) is 11.3 Å². The second kappa shape index (κ2) is 3.98. The summed E-state index contributed by atoms with van der Waals surface area (Å²) in [5.41, 5.74) is 0. The van der Waals surface area contributed by atoms with Gasteiger partial charge in [0.05, 0.1) is 10.5 Å². The molecule has 1 fully saturated rings. The zero-order valence-electron chi connectivity index (χ0n) is 17.3. The van der Waals surface area contributed by atoms with Crippen LogP contribution in [0.25, 0.3) is 0 Å². The van der Waals surface area contributed by atoms with Crippen LogP contribution < -0.4 is 4.90 Å². The molecule has 0 amide bonds. The molecule has 0 spiro atoms. The molecule has 0 atom stereocenters. The van der Waals surface area contributed by atoms with E-state index in [4.69, 9.17) is 15.1 Å². The van der Waals surface area contributed by atoms with Crippen molar-refractivity contribution in [3.63, 3.8) is 0 Å². The van der Waals surface area contributed by atoms with Crippen LogP contribution in [-0.2, 0) is 0 Å². The van der Waals surface area contributed by atoms with Gasteiger partial charge in [0, 0.05) is 45.4 Å². The molecule has 1 aromatic heterocycles. The first kappa shape index (κ1) is 2.97. The lowest BCUT2D eigenvalue weighted by atomic mass is 10.3. The quantitative estimate of drug-likeness (QED) is 0.773. The summed E-state index contributed by atoms with van der Waals surface area (Å²) in [6.07, 6.45) is 0. The van der Waals surface area contributed by atoms with E-state index in [1.807, 2.05) is 0 Å². The Balaban J connectivity index is 2.77. The highest BCUT2D eigenvalue weighted by Gasteiger charge is 2.15. The lowest BCUT2D eigenvalue weighted by Gasteiger charge is -2.32. The van der Waals surface area contributed by atoms with Gasteiger partial charge in [0.2, 0.25) is 0 Å². The highest BCUT2D eigenvalue weighted by Crippen LogP contribution is 2.28. The molecule has 1 aliphatic rings. The van der Waals surface area contributed by atoms with Crippen molar-refractivity contribution < 1.29 is 15.1 Å². The average molecular weight is 272 g/mol. The Hall–Kier alpha value is -0.0600. The summed E-state index contributed by atoms with van der Waals surface area (Å²) in [5, 5.41) is 1.43. The normalized spacial score (nSPS) is 48.4. The van der Waals surface area contributed by atoms with Crippen molar-refractivity contribution in [3.8, 4) is 0 Å². The van der Waals surface area contributed by atoms with E-state index in [1.165, 1.54) is 11.4 Å². The average Bonchev–Trinajstić information content (AvgIpc) is 2.69. The third-order valence-corrected chi connectivity index (χ3v) is 3.00. The topological polar surface area (TPSA) is 6.48 Å². The Labute approximate surface area is 107 Å². The van der Waals surface area contributed by atoms with Gasteiger partial charge in [-0.15, -0.1) is 11.3 Å². The van der Waals surface area contributed by atoms with E-state index >= 15 is 0 Å². The number of piperazine rings is 1. The predicted octanol–water partition coefficient (Wildman–Crippen LogP) is 2.26. The number of thiophene rings is 1. The van der Waals surface area contributed by atoms with Gasteiger partial charge < -0.3 is 9.80 Å². The molecule has 2 rings (SSSR count). The van der Waals surface area contributed by atoms with Crippen molar-refractivity contribution in [1.29, 1.82) is 0 Å². The third kappa shape index (κ3) is 2.24. The van der Waals surface area contributed by atoms with Gasteiger partial charge in [0.1, 0.15) is 0 Å². The maximum Gasteiger partial charge on any atom is 0.0921 e. The fourth-order valence-corrected chi connectivity index (χ4v) is 2.13. The number of hydrogen-bond acceptors (Lipinski definition) is 3. The summed E-state index contributed by atoms with van der Waals surface area (Å²) in [7, 11) is 0. The summed E-state index contributed by atoms with van der Waals surface area (Å²) in [6.45, 7) is -16.4. The van der Waals surface area contributed by atoms with E-state index in [1.54, 1.807) is 0 Å². The summed E-state index contributed by atoms with van der Waals surface area (Å²) < 4.78 is 86.8. The Morgan fingerprint density at radius 2 is 2.31 bits per heavy atom. The monoisotopic (exact) mass is 271 g/mol. The molecule has 2 heterocycles. The van der Waals surface area contributed by atoms with Crippen LogP contribution in [-0.4, -0.2) is 37.9 Å². The molecule has 0 unspecified atom stereocenters. The molecule has 1 aromatic rings. The number of nitrogens with zero attached hydrogens (tertiary/aromatic N) is 2. The molecule has 1 aliphatic heterocycles. The molecule has 1 saturated heterocycles. The molecular formula is C9H13BrN2S. The fraction of sp³-hybridized carbons (Fsp3) is 0.556. The second-order valence-electron chi connectivity index (χ2n) is 2.22. The minimum atomic E-state index is -3.39. The fourth-order valence-electron chi connectivity index (χ4n) is 0.786. The van der Waals surface area contributed by atoms with Gasteiger partial charge in [-0.05, 0) is 29.0 Å². The highest BCUT2D eigenvalue weighted by atomic mass is 79.9. The first-order valence-corrected chi connectivity index (χ1v) is 5.01. The van der Waals surface area contributed by atoms with Gasteiger partial charge in [-0.2, -0.15) is 0 Å². The molecule has 0 aliphatic carbocycles. The van der Waals surface area contributed by atoms with Crippen molar-refractivity contribution in [3.05, 3.63) is 15.9 Å². The SMILES string of the molecule is [2H]C([2H])([2H])N1C([2H])([2H])C([2H])([2H])N(c2cc(Br)cs2)C([2H])([2H])C1([2H])[2H]. The maximum atomic E-state index is 8.09. The van der Waals surface area contributed by atoms with Crippen molar-refractivity contribution >= 4 is 32.3 Å². The van der Waals surface area contributed by atoms with Crippen molar-refractivity contribution in [1.82, 2.24) is 4.90 Å². The number of halogens is 1. The molecule has 0 saturated carbocycles. The molecule has 0 bridgehead atoms. The van der Waals surface area contributed by atoms with Crippen LogP contribution in [0.1, 0.15) is 15.1 Å². The van der Waals surface area contributed by atoms with Crippen molar-refractivity contribution in [2.75, 3.05) is 37.9 Å². The summed E-state index contributed by atoms with van der Waals surface area (Å²) in [6, 6.07) is 1.32. The maximum absolute atomic E-state index is 8.09. The van der Waals surface area contributed by atoms with E-state index in [2.05, 4.69) is 15.9 Å². The largest absolute Gasteiger partial charge is 0.361 e. The first-order chi connectivity index (χ1) is 10.5. The Morgan fingerprint density at radius 1 is 1.54 bits per heavy atom. The van der Waals surface area contributed by atoms with Crippen LogP contribution in [0, 0.1) is 0 Å². The molecule has 2 nitrogen and oxygen atoms in total. The van der Waals surface area contributed by atoms with Gasteiger partial charge in [-0.3, -0.25) is 0 Å². The van der Waals surface area contributed by atoms with E-state index < -0.39 is 33.0 Å². The molecule has 0 N–H and O–H groups in total. The minimum Gasteiger partial charge on any atom is -0.361 e.